The highest BCUT2D eigenvalue weighted by atomic mass is 16.5. The first-order valence-electron chi connectivity index (χ1n) is 8.46. The molecule has 0 spiro atoms. The highest BCUT2D eigenvalue weighted by Crippen LogP contribution is 2.30. The van der Waals surface area contributed by atoms with Gasteiger partial charge in [-0.25, -0.2) is 4.98 Å². The van der Waals surface area contributed by atoms with Crippen LogP contribution < -0.4 is 15.0 Å². The molecule has 2 aliphatic rings. The number of ether oxygens (including phenoxy) is 1. The molecule has 7 heteroatoms. The summed E-state index contributed by atoms with van der Waals surface area (Å²) in [5, 5.41) is 23.7. The van der Waals surface area contributed by atoms with Gasteiger partial charge in [-0.2, -0.15) is 4.98 Å². The predicted molar refractivity (Wildman–Crippen MR) is 90.3 cm³/mol. The van der Waals surface area contributed by atoms with Gasteiger partial charge in [-0.15, -0.1) is 0 Å². The predicted octanol–water partition coefficient (Wildman–Crippen LogP) is 0.302. The first-order chi connectivity index (χ1) is 11.7. The Morgan fingerprint density at radius 2 is 1.75 bits per heavy atom. The summed E-state index contributed by atoms with van der Waals surface area (Å²) in [5.41, 5.74) is 0.843. The van der Waals surface area contributed by atoms with E-state index in [1.165, 1.54) is 0 Å². The van der Waals surface area contributed by atoms with E-state index in [9.17, 15) is 10.2 Å². The standard InChI is InChI=1S/C17H22N4O3/c22-14-9-11(10-15(14)23)24-16-12-3-1-2-4-13(12)19-17(20-16)21-7-5-18-6-8-21/h1-4,11,14-15,18,22-23H,5-10H2/t11-,14-,15+. The summed E-state index contributed by atoms with van der Waals surface area (Å²) < 4.78 is 6.05. The number of aliphatic hydroxyl groups excluding tert-OH is 2. The van der Waals surface area contributed by atoms with Crippen LogP contribution in [0, 0.1) is 0 Å². The summed E-state index contributed by atoms with van der Waals surface area (Å²) in [6.45, 7) is 3.54. The van der Waals surface area contributed by atoms with Crippen molar-refractivity contribution in [1.29, 1.82) is 0 Å². The number of aliphatic hydroxyl groups is 2. The first kappa shape index (κ1) is 15.6. The second-order valence-electron chi connectivity index (χ2n) is 6.43. The number of nitrogens with one attached hydrogen (secondary N) is 1. The van der Waals surface area contributed by atoms with Crippen LogP contribution >= 0.6 is 0 Å². The van der Waals surface area contributed by atoms with Crippen LogP contribution in [0.1, 0.15) is 12.8 Å². The lowest BCUT2D eigenvalue weighted by Gasteiger charge is -2.28. The average Bonchev–Trinajstić information content (AvgIpc) is 2.93. The molecule has 1 aromatic carbocycles. The number of fused-ring (bicyclic) bond motifs is 1. The Hall–Kier alpha value is -1.96. The molecule has 1 saturated heterocycles. The largest absolute Gasteiger partial charge is 0.474 e. The van der Waals surface area contributed by atoms with Crippen molar-refractivity contribution < 1.29 is 14.9 Å². The molecule has 2 heterocycles. The van der Waals surface area contributed by atoms with Crippen LogP contribution in [0.25, 0.3) is 10.9 Å². The quantitative estimate of drug-likeness (QED) is 0.746. The third-order valence-corrected chi connectivity index (χ3v) is 4.69. The van der Waals surface area contributed by atoms with Crippen LogP contribution in [0.5, 0.6) is 5.88 Å². The van der Waals surface area contributed by atoms with E-state index in [0.717, 1.165) is 37.1 Å². The van der Waals surface area contributed by atoms with E-state index in [4.69, 9.17) is 4.74 Å². The Balaban J connectivity index is 1.67. The Kier molecular flexibility index (Phi) is 4.22. The third kappa shape index (κ3) is 3.02. The number of rotatable bonds is 3. The molecule has 3 atom stereocenters. The fourth-order valence-electron chi connectivity index (χ4n) is 3.34. The normalized spacial score (nSPS) is 27.6. The summed E-state index contributed by atoms with van der Waals surface area (Å²) in [5.74, 6) is 1.20. The first-order valence-corrected chi connectivity index (χ1v) is 8.46. The van der Waals surface area contributed by atoms with Crippen molar-refractivity contribution in [3.05, 3.63) is 24.3 Å². The van der Waals surface area contributed by atoms with Gasteiger partial charge < -0.3 is 25.2 Å². The number of benzene rings is 1. The molecular weight excluding hydrogens is 308 g/mol. The van der Waals surface area contributed by atoms with E-state index in [1.807, 2.05) is 24.3 Å². The van der Waals surface area contributed by atoms with E-state index in [0.29, 0.717) is 24.7 Å². The van der Waals surface area contributed by atoms with Crippen LogP contribution in [0.2, 0.25) is 0 Å². The summed E-state index contributed by atoms with van der Waals surface area (Å²) >= 11 is 0. The average molecular weight is 330 g/mol. The summed E-state index contributed by atoms with van der Waals surface area (Å²) in [6.07, 6.45) is -0.846. The SMILES string of the molecule is O[C@@H]1C[C@@H](Oc2nc(N3CCNCC3)nc3ccccc23)C[C@@H]1O. The molecule has 2 fully saturated rings. The fourth-order valence-corrected chi connectivity index (χ4v) is 3.34. The minimum atomic E-state index is -0.726. The molecule has 24 heavy (non-hydrogen) atoms. The van der Waals surface area contributed by atoms with Gasteiger partial charge in [-0.1, -0.05) is 12.1 Å². The number of hydrogen-bond acceptors (Lipinski definition) is 7. The monoisotopic (exact) mass is 330 g/mol. The van der Waals surface area contributed by atoms with Gasteiger partial charge in [0, 0.05) is 39.0 Å². The third-order valence-electron chi connectivity index (χ3n) is 4.69. The molecule has 1 aromatic heterocycles. The maximum absolute atomic E-state index is 9.74. The number of nitrogens with zero attached hydrogens (tertiary/aromatic N) is 3. The molecule has 4 rings (SSSR count). The van der Waals surface area contributed by atoms with Gasteiger partial charge in [-0.05, 0) is 12.1 Å². The summed E-state index contributed by atoms with van der Waals surface area (Å²) in [7, 11) is 0. The zero-order chi connectivity index (χ0) is 16.5. The molecule has 3 N–H and O–H groups in total. The van der Waals surface area contributed by atoms with Crippen molar-refractivity contribution in [2.24, 2.45) is 0 Å². The smallest absolute Gasteiger partial charge is 0.229 e. The molecule has 0 bridgehead atoms. The maximum Gasteiger partial charge on any atom is 0.229 e. The van der Waals surface area contributed by atoms with Crippen molar-refractivity contribution in [2.75, 3.05) is 31.1 Å². The van der Waals surface area contributed by atoms with E-state index in [1.54, 1.807) is 0 Å². The zero-order valence-electron chi connectivity index (χ0n) is 13.4. The van der Waals surface area contributed by atoms with Crippen molar-refractivity contribution >= 4 is 16.9 Å². The van der Waals surface area contributed by atoms with Gasteiger partial charge in [0.1, 0.15) is 6.10 Å². The Labute approximate surface area is 140 Å². The lowest BCUT2D eigenvalue weighted by Crippen LogP contribution is -2.44. The highest BCUT2D eigenvalue weighted by molar-refractivity contribution is 5.84. The molecular formula is C17H22N4O3. The molecule has 0 unspecified atom stereocenters. The Morgan fingerprint density at radius 3 is 2.50 bits per heavy atom. The Morgan fingerprint density at radius 1 is 1.04 bits per heavy atom. The number of anilines is 1. The number of hydrogen-bond donors (Lipinski definition) is 3. The van der Waals surface area contributed by atoms with Crippen LogP contribution in [-0.2, 0) is 0 Å². The van der Waals surface area contributed by atoms with Crippen LogP contribution in [0.15, 0.2) is 24.3 Å². The second kappa shape index (κ2) is 6.51. The van der Waals surface area contributed by atoms with Crippen LogP contribution in [-0.4, -0.2) is 64.7 Å². The number of piperazine rings is 1. The van der Waals surface area contributed by atoms with Crippen molar-refractivity contribution in [3.8, 4) is 5.88 Å². The van der Waals surface area contributed by atoms with Crippen molar-refractivity contribution in [1.82, 2.24) is 15.3 Å². The minimum absolute atomic E-state index is 0.232. The van der Waals surface area contributed by atoms with Crippen molar-refractivity contribution in [2.45, 2.75) is 31.2 Å². The molecule has 7 nitrogen and oxygen atoms in total. The topological polar surface area (TPSA) is 90.7 Å². The van der Waals surface area contributed by atoms with Gasteiger partial charge in [0.05, 0.1) is 23.1 Å². The van der Waals surface area contributed by atoms with Gasteiger partial charge >= 0.3 is 0 Å². The summed E-state index contributed by atoms with van der Waals surface area (Å²) in [4.78, 5) is 11.5. The highest BCUT2D eigenvalue weighted by Gasteiger charge is 2.33. The van der Waals surface area contributed by atoms with Crippen molar-refractivity contribution in [3.63, 3.8) is 0 Å². The van der Waals surface area contributed by atoms with E-state index in [-0.39, 0.29) is 6.10 Å². The molecule has 0 radical (unpaired) electrons. The maximum atomic E-state index is 9.74. The molecule has 0 amide bonds. The molecule has 1 aliphatic heterocycles. The fraction of sp³-hybridized carbons (Fsp3) is 0.529. The molecule has 1 saturated carbocycles. The lowest BCUT2D eigenvalue weighted by atomic mass is 10.2. The zero-order valence-corrected chi connectivity index (χ0v) is 13.4. The molecule has 2 aromatic rings. The van der Waals surface area contributed by atoms with Gasteiger partial charge in [0.15, 0.2) is 0 Å². The van der Waals surface area contributed by atoms with Gasteiger partial charge in [0.2, 0.25) is 11.8 Å². The van der Waals surface area contributed by atoms with Gasteiger partial charge in [0.25, 0.3) is 0 Å². The second-order valence-corrected chi connectivity index (χ2v) is 6.43. The van der Waals surface area contributed by atoms with Gasteiger partial charge in [-0.3, -0.25) is 0 Å². The number of aromatic nitrogens is 2. The van der Waals surface area contributed by atoms with E-state index in [2.05, 4.69) is 20.2 Å². The lowest BCUT2D eigenvalue weighted by molar-refractivity contribution is 0.0438. The number of para-hydroxylation sites is 1. The van der Waals surface area contributed by atoms with Crippen LogP contribution in [0.3, 0.4) is 0 Å². The molecule has 128 valence electrons. The molecule has 1 aliphatic carbocycles. The Bertz CT molecular complexity index is 710. The minimum Gasteiger partial charge on any atom is -0.474 e. The van der Waals surface area contributed by atoms with Crippen LogP contribution in [0.4, 0.5) is 5.95 Å². The van der Waals surface area contributed by atoms with E-state index >= 15 is 0 Å². The summed E-state index contributed by atoms with van der Waals surface area (Å²) in [6, 6.07) is 7.77. The van der Waals surface area contributed by atoms with E-state index < -0.39 is 12.2 Å².